The zero-order chi connectivity index (χ0) is 56.6. The lowest BCUT2D eigenvalue weighted by atomic mass is 9.83. The molecule has 0 aromatic heterocycles. The number of amides is 6. The summed E-state index contributed by atoms with van der Waals surface area (Å²) < 4.78 is 18.3. The predicted octanol–water partition coefficient (Wildman–Crippen LogP) is 6.23. The molecule has 79 heavy (non-hydrogen) atoms. The molecule has 3 aromatic carbocycles. The van der Waals surface area contributed by atoms with Crippen LogP contribution in [0.2, 0.25) is 0 Å². The van der Waals surface area contributed by atoms with Crippen LogP contribution in [0.3, 0.4) is 0 Å². The summed E-state index contributed by atoms with van der Waals surface area (Å²) >= 11 is 3.32. The molecule has 0 saturated carbocycles. The van der Waals surface area contributed by atoms with E-state index >= 15 is 0 Å². The Balaban J connectivity index is 0.798. The fraction of sp³-hybridized carbons (Fsp3) is 0.541. The molecular formula is C61H75N7O9S2. The Morgan fingerprint density at radius 1 is 0.709 bits per heavy atom. The van der Waals surface area contributed by atoms with Gasteiger partial charge in [0.1, 0.15) is 43.0 Å². The quantitative estimate of drug-likeness (QED) is 0.158. The van der Waals surface area contributed by atoms with E-state index in [1.807, 2.05) is 80.6 Å². The second kappa shape index (κ2) is 23.6. The highest BCUT2D eigenvalue weighted by atomic mass is 32.2. The standard InChI is InChI=1S/C61H75N7O9S2/c1-36(66(9)58(74)77-59(2,3)4)53(69)63-44-27-31-79-48-35-61(7,8)52(68(48)57(44)73)55(71)65-50-42-21-13-11-19-40(42)33-46(50)76-29-15-17-38-24-22-37(23-25-38)16-14-28-75-45-32-39-18-10-12-20-41(39)49(45)64-54(70)51-60(5,6)34-47-67(51)56(72)43(62)26-30-78-47/h10-13,18-25,36,43-52H,26-35,62H2,1-9H3,(H,63,69)(H,64,70)(H,65,71)/t36-,43-,44-,45+,46+,47-,48-,49-,50-,51+,52+/m0/s1. The number of thioether (sulfide) groups is 2. The molecule has 11 atom stereocenters. The van der Waals surface area contributed by atoms with Gasteiger partial charge in [-0.2, -0.15) is 0 Å². The summed E-state index contributed by atoms with van der Waals surface area (Å²) in [5.74, 6) is 12.6. The van der Waals surface area contributed by atoms with Crippen LogP contribution in [0.4, 0.5) is 4.79 Å². The van der Waals surface area contributed by atoms with E-state index in [4.69, 9.17) is 19.9 Å². The number of likely N-dealkylation sites (N-methyl/N-ethyl adjacent to an activating group) is 1. The van der Waals surface area contributed by atoms with Gasteiger partial charge in [0.2, 0.25) is 29.5 Å². The Morgan fingerprint density at radius 3 is 1.65 bits per heavy atom. The molecule has 18 heteroatoms. The first kappa shape index (κ1) is 57.7. The van der Waals surface area contributed by atoms with Gasteiger partial charge in [-0.3, -0.25) is 28.9 Å². The molecule has 0 bridgehead atoms. The fourth-order valence-corrected chi connectivity index (χ4v) is 15.2. The number of hydrogen-bond acceptors (Lipinski definition) is 12. The summed E-state index contributed by atoms with van der Waals surface area (Å²) in [5.41, 5.74) is 10.2. The van der Waals surface area contributed by atoms with Gasteiger partial charge >= 0.3 is 6.09 Å². The van der Waals surface area contributed by atoms with E-state index in [9.17, 15) is 28.8 Å². The average molecular weight is 1110 g/mol. The van der Waals surface area contributed by atoms with Crippen LogP contribution in [0.15, 0.2) is 72.8 Å². The van der Waals surface area contributed by atoms with E-state index < -0.39 is 76.8 Å². The normalized spacial score (nSPS) is 27.7. The van der Waals surface area contributed by atoms with Crippen molar-refractivity contribution in [3.8, 4) is 23.7 Å². The van der Waals surface area contributed by atoms with E-state index in [1.54, 1.807) is 61.0 Å². The van der Waals surface area contributed by atoms with Gasteiger partial charge in [0, 0.05) is 31.0 Å². The van der Waals surface area contributed by atoms with Crippen molar-refractivity contribution in [1.82, 2.24) is 30.7 Å². The summed E-state index contributed by atoms with van der Waals surface area (Å²) in [6.45, 7) is 15.2. The smallest absolute Gasteiger partial charge is 0.410 e. The second-order valence-electron chi connectivity index (χ2n) is 24.0. The fourth-order valence-electron chi connectivity index (χ4n) is 12.0. The Labute approximate surface area is 473 Å². The van der Waals surface area contributed by atoms with Crippen LogP contribution in [0.1, 0.15) is 127 Å². The third-order valence-electron chi connectivity index (χ3n) is 16.1. The van der Waals surface area contributed by atoms with E-state index in [0.29, 0.717) is 44.3 Å². The minimum Gasteiger partial charge on any atom is -0.444 e. The monoisotopic (exact) mass is 1110 g/mol. The van der Waals surface area contributed by atoms with Gasteiger partial charge in [-0.05, 0) is 122 Å². The summed E-state index contributed by atoms with van der Waals surface area (Å²) in [6, 6.07) is 18.8. The van der Waals surface area contributed by atoms with Gasteiger partial charge in [-0.15, -0.1) is 23.5 Å². The average Bonchev–Trinajstić information content (AvgIpc) is 4.11. The Kier molecular flexibility index (Phi) is 17.2. The van der Waals surface area contributed by atoms with Gasteiger partial charge in [0.25, 0.3) is 0 Å². The number of nitrogens with one attached hydrogen (secondary N) is 3. The Hall–Kier alpha value is -6.02. The number of benzene rings is 3. The lowest BCUT2D eigenvalue weighted by molar-refractivity contribution is -0.144. The topological polar surface area (TPSA) is 202 Å². The molecule has 6 amide bonds. The van der Waals surface area contributed by atoms with Crippen molar-refractivity contribution in [3.63, 3.8) is 0 Å². The van der Waals surface area contributed by atoms with E-state index in [-0.39, 0.29) is 53.7 Å². The molecule has 0 unspecified atom stereocenters. The van der Waals surface area contributed by atoms with Crippen LogP contribution in [0.5, 0.6) is 0 Å². The third kappa shape index (κ3) is 12.6. The summed E-state index contributed by atoms with van der Waals surface area (Å²) in [5, 5.41) is 9.16. The van der Waals surface area contributed by atoms with Crippen molar-refractivity contribution < 1.29 is 43.0 Å². The highest BCUT2D eigenvalue weighted by molar-refractivity contribution is 8.00. The number of carbonyl (C=O) groups excluding carboxylic acids is 6. The molecule has 3 aromatic rings. The number of ether oxygens (including phenoxy) is 3. The molecule has 4 heterocycles. The highest BCUT2D eigenvalue weighted by Crippen LogP contribution is 2.48. The van der Waals surface area contributed by atoms with Gasteiger partial charge < -0.3 is 45.7 Å². The molecule has 420 valence electrons. The molecule has 16 nitrogen and oxygen atoms in total. The van der Waals surface area contributed by atoms with Crippen molar-refractivity contribution >= 4 is 59.2 Å². The lowest BCUT2D eigenvalue weighted by Gasteiger charge is -2.35. The molecule has 4 aliphatic heterocycles. The zero-order valence-electron chi connectivity index (χ0n) is 46.8. The highest BCUT2D eigenvalue weighted by Gasteiger charge is 2.56. The molecular weight excluding hydrogens is 1040 g/mol. The minimum atomic E-state index is -0.910. The van der Waals surface area contributed by atoms with Crippen molar-refractivity contribution in [2.45, 2.75) is 165 Å². The van der Waals surface area contributed by atoms with Crippen LogP contribution in [-0.4, -0.2) is 141 Å². The van der Waals surface area contributed by atoms with Crippen LogP contribution >= 0.6 is 23.5 Å². The van der Waals surface area contributed by atoms with Crippen molar-refractivity contribution in [2.75, 3.05) is 31.8 Å². The van der Waals surface area contributed by atoms with Crippen LogP contribution < -0.4 is 21.7 Å². The summed E-state index contributed by atoms with van der Waals surface area (Å²) in [4.78, 5) is 87.9. The van der Waals surface area contributed by atoms with Crippen molar-refractivity contribution in [1.29, 1.82) is 0 Å². The number of rotatable bonds is 11. The largest absolute Gasteiger partial charge is 0.444 e. The second-order valence-corrected chi connectivity index (χ2v) is 26.6. The first-order valence-electron chi connectivity index (χ1n) is 27.5. The van der Waals surface area contributed by atoms with Crippen molar-refractivity contribution in [3.05, 3.63) is 106 Å². The molecule has 4 saturated heterocycles. The number of carbonyl (C=O) groups is 6. The first-order chi connectivity index (χ1) is 37.5. The molecule has 2 aliphatic carbocycles. The lowest BCUT2D eigenvalue weighted by Crippen LogP contribution is -2.58. The molecule has 6 aliphatic rings. The number of fused-ring (bicyclic) bond motifs is 4. The van der Waals surface area contributed by atoms with Crippen molar-refractivity contribution in [2.24, 2.45) is 16.6 Å². The van der Waals surface area contributed by atoms with Crippen LogP contribution in [0.25, 0.3) is 0 Å². The van der Waals surface area contributed by atoms with E-state index in [1.165, 1.54) is 11.9 Å². The third-order valence-corrected chi connectivity index (χ3v) is 18.6. The van der Waals surface area contributed by atoms with Gasteiger partial charge in [0.15, 0.2) is 0 Å². The number of hydrogen-bond donors (Lipinski definition) is 4. The maximum atomic E-state index is 14.7. The molecule has 9 rings (SSSR count). The van der Waals surface area contributed by atoms with Gasteiger partial charge in [-0.25, -0.2) is 4.79 Å². The molecule has 0 spiro atoms. The minimum absolute atomic E-state index is 0.0853. The number of nitrogens with two attached hydrogens (primary N) is 1. The van der Waals surface area contributed by atoms with E-state index in [2.05, 4.69) is 59.5 Å². The first-order valence-corrected chi connectivity index (χ1v) is 29.6. The van der Waals surface area contributed by atoms with Crippen LogP contribution in [0, 0.1) is 34.5 Å². The predicted molar refractivity (Wildman–Crippen MR) is 305 cm³/mol. The van der Waals surface area contributed by atoms with E-state index in [0.717, 1.165) is 39.1 Å². The molecule has 4 fully saturated rings. The number of nitrogens with zero attached hydrogens (tertiary/aromatic N) is 3. The van der Waals surface area contributed by atoms with Gasteiger partial charge in [0.05, 0.1) is 41.1 Å². The molecule has 5 N–H and O–H groups in total. The maximum absolute atomic E-state index is 14.7. The zero-order valence-corrected chi connectivity index (χ0v) is 48.4. The SMILES string of the molecule is C[C@@H](C(=O)N[C@H]1CCS[C@H]2CC(C)(C)[C@@H](C(=O)N[C@H]3c4ccccc4C[C@H]3OCC#Cc3ccc(C#CCO[C@@H]4Cc5ccccc5[C@@H]4NC(=O)[C@H]4N5C(=O)[C@@H](N)CCS[C@H]5CC4(C)C)cc3)N2C1=O)N(C)C(=O)OC(C)(C)C. The van der Waals surface area contributed by atoms with Crippen LogP contribution in [-0.2, 0) is 51.0 Å². The Morgan fingerprint density at radius 2 is 1.16 bits per heavy atom. The van der Waals surface area contributed by atoms with Gasteiger partial charge in [-0.1, -0.05) is 99.9 Å². The maximum Gasteiger partial charge on any atom is 0.410 e. The summed E-state index contributed by atoms with van der Waals surface area (Å²) in [7, 11) is 1.49. The molecule has 0 radical (unpaired) electrons. The summed E-state index contributed by atoms with van der Waals surface area (Å²) in [6.07, 6.45) is 2.06. The Bertz CT molecular complexity index is 2960.